The summed E-state index contributed by atoms with van der Waals surface area (Å²) in [7, 11) is 0. The number of alkyl carbamates (subject to hydrolysis) is 1. The van der Waals surface area contributed by atoms with Crippen molar-refractivity contribution in [1.82, 2.24) is 10.6 Å². The molecule has 0 atom stereocenters. The molecule has 0 aromatic carbocycles. The van der Waals surface area contributed by atoms with Gasteiger partial charge in [0.05, 0.1) is 0 Å². The lowest BCUT2D eigenvalue weighted by Gasteiger charge is -2.19. The van der Waals surface area contributed by atoms with Crippen molar-refractivity contribution in [2.45, 2.75) is 32.8 Å². The van der Waals surface area contributed by atoms with Gasteiger partial charge < -0.3 is 15.4 Å². The smallest absolute Gasteiger partial charge is 0.407 e. The van der Waals surface area contributed by atoms with Crippen LogP contribution in [-0.2, 0) is 9.53 Å². The average Bonchev–Trinajstić information content (AvgIpc) is 2.00. The van der Waals surface area contributed by atoms with Gasteiger partial charge >= 0.3 is 6.09 Å². The van der Waals surface area contributed by atoms with E-state index < -0.39 is 11.7 Å². The summed E-state index contributed by atoms with van der Waals surface area (Å²) < 4.78 is 5.00. The molecule has 2 amide bonds. The highest BCUT2D eigenvalue weighted by molar-refractivity contribution is 5.67. The second kappa shape index (κ2) is 6.23. The Hall–Kier alpha value is -1.26. The Morgan fingerprint density at radius 3 is 2.50 bits per heavy atom. The predicted molar refractivity (Wildman–Crippen MR) is 52.9 cm³/mol. The molecule has 5 heteroatoms. The molecule has 0 aromatic heterocycles. The molecule has 5 nitrogen and oxygen atoms in total. The van der Waals surface area contributed by atoms with Crippen molar-refractivity contribution in [1.29, 1.82) is 0 Å². The first-order valence-corrected chi connectivity index (χ1v) is 4.59. The summed E-state index contributed by atoms with van der Waals surface area (Å²) in [4.78, 5) is 20.9. The van der Waals surface area contributed by atoms with E-state index in [2.05, 4.69) is 10.6 Å². The normalized spacial score (nSPS) is 10.5. The van der Waals surface area contributed by atoms with Gasteiger partial charge in [0.15, 0.2) is 0 Å². The number of carbonyl (C=O) groups excluding carboxylic acids is 2. The quantitative estimate of drug-likeness (QED) is 0.508. The van der Waals surface area contributed by atoms with Crippen LogP contribution in [0.2, 0.25) is 0 Å². The number of hydrogen-bond acceptors (Lipinski definition) is 3. The molecule has 0 unspecified atom stereocenters. The number of amides is 2. The molecule has 0 aliphatic carbocycles. The second-order valence-corrected chi connectivity index (χ2v) is 3.85. The van der Waals surface area contributed by atoms with Crippen molar-refractivity contribution in [3.63, 3.8) is 0 Å². The molecular formula is C9H18N2O3. The van der Waals surface area contributed by atoms with Crippen molar-refractivity contribution in [2.24, 2.45) is 0 Å². The third kappa shape index (κ3) is 8.83. The molecule has 82 valence electrons. The van der Waals surface area contributed by atoms with E-state index in [1.807, 2.05) is 0 Å². The van der Waals surface area contributed by atoms with Gasteiger partial charge in [0, 0.05) is 13.1 Å². The number of ether oxygens (including phenoxy) is 1. The summed E-state index contributed by atoms with van der Waals surface area (Å²) in [5, 5.41) is 5.08. The predicted octanol–water partition coefficient (Wildman–Crippen LogP) is 0.647. The van der Waals surface area contributed by atoms with Crippen LogP contribution in [0.25, 0.3) is 0 Å². The van der Waals surface area contributed by atoms with Crippen molar-refractivity contribution < 1.29 is 14.3 Å². The van der Waals surface area contributed by atoms with Gasteiger partial charge in [0.1, 0.15) is 5.60 Å². The Morgan fingerprint density at radius 1 is 1.36 bits per heavy atom. The summed E-state index contributed by atoms with van der Waals surface area (Å²) in [5.74, 6) is 0. The molecule has 0 rings (SSSR count). The zero-order valence-electron chi connectivity index (χ0n) is 8.92. The zero-order chi connectivity index (χ0) is 11.0. The summed E-state index contributed by atoms with van der Waals surface area (Å²) in [6.07, 6.45) is 0.898. The van der Waals surface area contributed by atoms with Crippen molar-refractivity contribution >= 4 is 12.5 Å². The Labute approximate surface area is 84.2 Å². The average molecular weight is 202 g/mol. The van der Waals surface area contributed by atoms with Crippen LogP contribution in [0.4, 0.5) is 4.79 Å². The lowest BCUT2D eigenvalue weighted by Crippen LogP contribution is -2.33. The van der Waals surface area contributed by atoms with Gasteiger partial charge in [-0.1, -0.05) is 0 Å². The fraction of sp³-hybridized carbons (Fsp3) is 0.778. The number of hydrogen-bond donors (Lipinski definition) is 2. The van der Waals surface area contributed by atoms with Crippen molar-refractivity contribution in [3.05, 3.63) is 0 Å². The molecule has 0 spiro atoms. The minimum absolute atomic E-state index is 0.427. The molecule has 0 heterocycles. The minimum Gasteiger partial charge on any atom is -0.444 e. The first-order chi connectivity index (χ1) is 6.45. The minimum atomic E-state index is -0.467. The van der Waals surface area contributed by atoms with E-state index in [1.54, 1.807) is 20.8 Å². The summed E-state index contributed by atoms with van der Waals surface area (Å²) in [5.41, 5.74) is -0.467. The molecule has 0 radical (unpaired) electrons. The largest absolute Gasteiger partial charge is 0.444 e. The molecule has 0 bridgehead atoms. The monoisotopic (exact) mass is 202 g/mol. The number of rotatable bonds is 5. The Bertz CT molecular complexity index is 187. The first-order valence-electron chi connectivity index (χ1n) is 4.59. The van der Waals surface area contributed by atoms with Gasteiger partial charge in [-0.05, 0) is 27.2 Å². The van der Waals surface area contributed by atoms with E-state index in [-0.39, 0.29) is 0 Å². The van der Waals surface area contributed by atoms with Crippen LogP contribution in [0.15, 0.2) is 0 Å². The molecule has 14 heavy (non-hydrogen) atoms. The highest BCUT2D eigenvalue weighted by Crippen LogP contribution is 2.05. The maximum Gasteiger partial charge on any atom is 0.407 e. The number of carbonyl (C=O) groups is 2. The van der Waals surface area contributed by atoms with Crippen LogP contribution in [0.3, 0.4) is 0 Å². The van der Waals surface area contributed by atoms with Gasteiger partial charge in [0.25, 0.3) is 0 Å². The van der Waals surface area contributed by atoms with Gasteiger partial charge in [-0.3, -0.25) is 4.79 Å². The van der Waals surface area contributed by atoms with Gasteiger partial charge in [0.2, 0.25) is 6.41 Å². The molecule has 0 saturated carbocycles. The van der Waals surface area contributed by atoms with E-state index in [4.69, 9.17) is 4.74 Å². The molecule has 2 N–H and O–H groups in total. The van der Waals surface area contributed by atoms with Gasteiger partial charge in [-0.15, -0.1) is 0 Å². The third-order valence-electron chi connectivity index (χ3n) is 1.25. The summed E-state index contributed by atoms with van der Waals surface area (Å²) in [6.45, 7) is 6.47. The lowest BCUT2D eigenvalue weighted by atomic mass is 10.2. The van der Waals surface area contributed by atoms with E-state index >= 15 is 0 Å². The first kappa shape index (κ1) is 12.7. The highest BCUT2D eigenvalue weighted by Gasteiger charge is 2.15. The molecule has 0 aliphatic rings. The van der Waals surface area contributed by atoms with Gasteiger partial charge in [-0.2, -0.15) is 0 Å². The van der Waals surface area contributed by atoms with E-state index in [9.17, 15) is 9.59 Å². The fourth-order valence-electron chi connectivity index (χ4n) is 0.754. The third-order valence-corrected chi connectivity index (χ3v) is 1.25. The molecule has 0 saturated heterocycles. The van der Waals surface area contributed by atoms with Crippen LogP contribution < -0.4 is 10.6 Å². The molecule has 0 aromatic rings. The summed E-state index contributed by atoms with van der Waals surface area (Å²) in [6, 6.07) is 0. The van der Waals surface area contributed by atoms with E-state index in [1.165, 1.54) is 0 Å². The Kier molecular flexibility index (Phi) is 5.67. The molecule has 0 fully saturated rings. The van der Waals surface area contributed by atoms with Crippen molar-refractivity contribution in [2.75, 3.05) is 13.1 Å². The van der Waals surface area contributed by atoms with E-state index in [0.29, 0.717) is 25.9 Å². The van der Waals surface area contributed by atoms with Crippen LogP contribution in [0, 0.1) is 0 Å². The van der Waals surface area contributed by atoms with Crippen molar-refractivity contribution in [3.8, 4) is 0 Å². The van der Waals surface area contributed by atoms with Crippen LogP contribution >= 0.6 is 0 Å². The van der Waals surface area contributed by atoms with E-state index in [0.717, 1.165) is 0 Å². The highest BCUT2D eigenvalue weighted by atomic mass is 16.6. The molecule has 0 aliphatic heterocycles. The second-order valence-electron chi connectivity index (χ2n) is 3.85. The van der Waals surface area contributed by atoms with Crippen LogP contribution in [0.1, 0.15) is 27.2 Å². The SMILES string of the molecule is CC(C)(C)OC(=O)NCCCNC=O. The van der Waals surface area contributed by atoms with Gasteiger partial charge in [-0.25, -0.2) is 4.79 Å². The standard InChI is InChI=1S/C9H18N2O3/c1-9(2,3)14-8(13)11-6-4-5-10-7-12/h7H,4-6H2,1-3H3,(H,10,12)(H,11,13). The lowest BCUT2D eigenvalue weighted by molar-refractivity contribution is -0.109. The zero-order valence-corrected chi connectivity index (χ0v) is 8.92. The topological polar surface area (TPSA) is 67.4 Å². The fourth-order valence-corrected chi connectivity index (χ4v) is 0.754. The maximum atomic E-state index is 11.1. The summed E-state index contributed by atoms with van der Waals surface area (Å²) >= 11 is 0. The van der Waals surface area contributed by atoms with Crippen LogP contribution in [-0.4, -0.2) is 31.2 Å². The van der Waals surface area contributed by atoms with Crippen LogP contribution in [0.5, 0.6) is 0 Å². The number of nitrogens with one attached hydrogen (secondary N) is 2. The Balaban J connectivity index is 3.41. The molecular weight excluding hydrogens is 184 g/mol. The Morgan fingerprint density at radius 2 is 2.00 bits per heavy atom. The maximum absolute atomic E-state index is 11.1.